The molecule has 0 saturated carbocycles. The molecule has 206 valence electrons. The Labute approximate surface area is 226 Å². The van der Waals surface area contributed by atoms with Gasteiger partial charge in [-0.2, -0.15) is 0 Å². The lowest BCUT2D eigenvalue weighted by Gasteiger charge is -2.13. The summed E-state index contributed by atoms with van der Waals surface area (Å²) in [5, 5.41) is 19.1. The van der Waals surface area contributed by atoms with Crippen molar-refractivity contribution in [3.8, 4) is 33.8 Å². The van der Waals surface area contributed by atoms with Crippen LogP contribution in [0.5, 0.6) is 11.5 Å². The summed E-state index contributed by atoms with van der Waals surface area (Å²) in [4.78, 5) is 23.5. The monoisotopic (exact) mass is 554 g/mol. The molecule has 2 N–H and O–H groups in total. The highest BCUT2D eigenvalue weighted by Crippen LogP contribution is 2.31. The molecular formula is C30H22F4O6. The van der Waals surface area contributed by atoms with E-state index in [1.54, 1.807) is 0 Å². The van der Waals surface area contributed by atoms with Crippen LogP contribution in [-0.2, 0) is 0 Å². The minimum absolute atomic E-state index is 0.0455. The largest absolute Gasteiger partial charge is 0.493 e. The highest BCUT2D eigenvalue weighted by molar-refractivity contribution is 5.93. The molecule has 4 aromatic rings. The van der Waals surface area contributed by atoms with Gasteiger partial charge >= 0.3 is 11.9 Å². The van der Waals surface area contributed by atoms with Crippen molar-refractivity contribution in [1.29, 1.82) is 0 Å². The van der Waals surface area contributed by atoms with Gasteiger partial charge in [-0.05, 0) is 72.5 Å². The molecule has 40 heavy (non-hydrogen) atoms. The standard InChI is InChI=1S/C30H22F4O6/c31-19-5-7-21(25(33)15-19)17-3-9-27(23(13-17)29(35)36)39-11-1-2-12-40-28-10-4-18(14-24(28)30(37)38)22-8-6-20(32)16-26(22)34/h3-10,13-16H,1-2,11-12H2,(H,35,36)(H,37,38). The predicted molar refractivity (Wildman–Crippen MR) is 138 cm³/mol. The molecule has 0 atom stereocenters. The molecule has 10 heteroatoms. The van der Waals surface area contributed by atoms with Crippen LogP contribution in [0.4, 0.5) is 17.6 Å². The molecule has 0 unspecified atom stereocenters. The lowest BCUT2D eigenvalue weighted by atomic mass is 10.0. The van der Waals surface area contributed by atoms with Gasteiger partial charge in [-0.1, -0.05) is 12.1 Å². The van der Waals surface area contributed by atoms with Gasteiger partial charge in [-0.3, -0.25) is 0 Å². The molecule has 0 saturated heterocycles. The Balaban J connectivity index is 1.35. The number of ether oxygens (including phenoxy) is 2. The Morgan fingerprint density at radius 1 is 0.575 bits per heavy atom. The number of hydrogen-bond donors (Lipinski definition) is 2. The van der Waals surface area contributed by atoms with Crippen molar-refractivity contribution >= 4 is 11.9 Å². The van der Waals surface area contributed by atoms with E-state index in [1.807, 2.05) is 0 Å². The third kappa shape index (κ3) is 6.58. The maximum atomic E-state index is 14.1. The van der Waals surface area contributed by atoms with Crippen LogP contribution < -0.4 is 9.47 Å². The first-order valence-corrected chi connectivity index (χ1v) is 12.0. The molecule has 0 aliphatic rings. The summed E-state index contributed by atoms with van der Waals surface area (Å²) in [6.45, 7) is 0.227. The second kappa shape index (κ2) is 12.3. The van der Waals surface area contributed by atoms with E-state index in [0.717, 1.165) is 12.1 Å². The summed E-state index contributed by atoms with van der Waals surface area (Å²) in [7, 11) is 0. The zero-order valence-corrected chi connectivity index (χ0v) is 20.8. The topological polar surface area (TPSA) is 93.1 Å². The Morgan fingerprint density at radius 2 is 0.975 bits per heavy atom. The number of aromatic carboxylic acids is 2. The fraction of sp³-hybridized carbons (Fsp3) is 0.133. The van der Waals surface area contributed by atoms with Crippen molar-refractivity contribution in [2.24, 2.45) is 0 Å². The minimum atomic E-state index is -1.28. The van der Waals surface area contributed by atoms with Crippen molar-refractivity contribution in [3.05, 3.63) is 107 Å². The van der Waals surface area contributed by atoms with Crippen molar-refractivity contribution in [3.63, 3.8) is 0 Å². The van der Waals surface area contributed by atoms with Gasteiger partial charge in [0.05, 0.1) is 13.2 Å². The van der Waals surface area contributed by atoms with Gasteiger partial charge in [0, 0.05) is 23.3 Å². The first-order valence-electron chi connectivity index (χ1n) is 12.0. The van der Waals surface area contributed by atoms with Crippen LogP contribution in [0, 0.1) is 23.3 Å². The van der Waals surface area contributed by atoms with E-state index >= 15 is 0 Å². The lowest BCUT2D eigenvalue weighted by Crippen LogP contribution is -2.08. The van der Waals surface area contributed by atoms with E-state index in [0.29, 0.717) is 25.0 Å². The molecule has 0 spiro atoms. The molecule has 0 heterocycles. The number of carboxylic acids is 2. The number of unbranched alkanes of at least 4 members (excludes halogenated alkanes) is 1. The Hall–Kier alpha value is -4.86. The number of rotatable bonds is 11. The second-order valence-corrected chi connectivity index (χ2v) is 8.68. The summed E-state index contributed by atoms with van der Waals surface area (Å²) in [5.74, 6) is -5.59. The SMILES string of the molecule is O=C(O)c1cc(-c2ccc(F)cc2F)ccc1OCCCCOc1ccc(-c2ccc(F)cc2F)cc1C(=O)O. The quantitative estimate of drug-likeness (QED) is 0.150. The highest BCUT2D eigenvalue weighted by atomic mass is 19.1. The average molecular weight is 554 g/mol. The number of carbonyl (C=O) groups is 2. The Bertz CT molecular complexity index is 1450. The zero-order chi connectivity index (χ0) is 28.8. The number of halogens is 4. The molecule has 0 aliphatic carbocycles. The van der Waals surface area contributed by atoms with Crippen molar-refractivity contribution in [2.45, 2.75) is 12.8 Å². The van der Waals surface area contributed by atoms with Crippen molar-refractivity contribution in [2.75, 3.05) is 13.2 Å². The Morgan fingerprint density at radius 3 is 1.32 bits per heavy atom. The number of benzene rings is 4. The molecule has 4 rings (SSSR count). The van der Waals surface area contributed by atoms with Crippen LogP contribution in [0.3, 0.4) is 0 Å². The van der Waals surface area contributed by atoms with Crippen molar-refractivity contribution < 1.29 is 46.8 Å². The second-order valence-electron chi connectivity index (χ2n) is 8.68. The van der Waals surface area contributed by atoms with Gasteiger partial charge in [0.15, 0.2) is 0 Å². The molecule has 0 fully saturated rings. The van der Waals surface area contributed by atoms with Gasteiger partial charge in [-0.25, -0.2) is 27.2 Å². The van der Waals surface area contributed by atoms with Gasteiger partial charge in [0.25, 0.3) is 0 Å². The molecule has 0 bridgehead atoms. The maximum Gasteiger partial charge on any atom is 0.339 e. The molecule has 0 aromatic heterocycles. The number of hydrogen-bond acceptors (Lipinski definition) is 4. The van der Waals surface area contributed by atoms with Crippen LogP contribution in [0.2, 0.25) is 0 Å². The van der Waals surface area contributed by atoms with Crippen LogP contribution in [0.1, 0.15) is 33.6 Å². The van der Waals surface area contributed by atoms with E-state index in [9.17, 15) is 37.4 Å². The minimum Gasteiger partial charge on any atom is -0.493 e. The first kappa shape index (κ1) is 28.2. The summed E-state index contributed by atoms with van der Waals surface area (Å²) in [6, 6.07) is 14.2. The maximum absolute atomic E-state index is 14.1. The summed E-state index contributed by atoms with van der Waals surface area (Å²) in [6.07, 6.45) is 0.851. The number of carboxylic acid groups (broad SMARTS) is 2. The smallest absolute Gasteiger partial charge is 0.339 e. The fourth-order valence-corrected chi connectivity index (χ4v) is 4.00. The van der Waals surface area contributed by atoms with E-state index < -0.39 is 35.2 Å². The van der Waals surface area contributed by atoms with E-state index in [2.05, 4.69) is 0 Å². The average Bonchev–Trinajstić information content (AvgIpc) is 2.91. The zero-order valence-electron chi connectivity index (χ0n) is 20.8. The fourth-order valence-electron chi connectivity index (χ4n) is 4.00. The van der Waals surface area contributed by atoms with Gasteiger partial charge in [0.2, 0.25) is 0 Å². The third-order valence-corrected chi connectivity index (χ3v) is 5.96. The summed E-state index contributed by atoms with van der Waals surface area (Å²) in [5.41, 5.74) is 0.201. The molecular weight excluding hydrogens is 532 g/mol. The summed E-state index contributed by atoms with van der Waals surface area (Å²) < 4.78 is 65.8. The molecule has 0 aliphatic heterocycles. The van der Waals surface area contributed by atoms with Gasteiger partial charge < -0.3 is 19.7 Å². The molecule has 4 aromatic carbocycles. The van der Waals surface area contributed by atoms with Crippen LogP contribution >= 0.6 is 0 Å². The van der Waals surface area contributed by atoms with Crippen LogP contribution in [-0.4, -0.2) is 35.4 Å². The first-order chi connectivity index (χ1) is 19.1. The van der Waals surface area contributed by atoms with E-state index in [-0.39, 0.29) is 58.1 Å². The molecule has 0 radical (unpaired) electrons. The van der Waals surface area contributed by atoms with Crippen molar-refractivity contribution in [1.82, 2.24) is 0 Å². The Kier molecular flexibility index (Phi) is 8.68. The van der Waals surface area contributed by atoms with E-state index in [4.69, 9.17) is 9.47 Å². The van der Waals surface area contributed by atoms with Gasteiger partial charge in [0.1, 0.15) is 45.9 Å². The lowest BCUT2D eigenvalue weighted by molar-refractivity contribution is 0.0680. The predicted octanol–water partition coefficient (Wildman–Crippen LogP) is 7.21. The normalized spacial score (nSPS) is 10.8. The summed E-state index contributed by atoms with van der Waals surface area (Å²) >= 11 is 0. The molecule has 6 nitrogen and oxygen atoms in total. The van der Waals surface area contributed by atoms with Crippen LogP contribution in [0.15, 0.2) is 72.8 Å². The highest BCUT2D eigenvalue weighted by Gasteiger charge is 2.17. The van der Waals surface area contributed by atoms with Gasteiger partial charge in [-0.15, -0.1) is 0 Å². The third-order valence-electron chi connectivity index (χ3n) is 5.96. The van der Waals surface area contributed by atoms with Crippen LogP contribution in [0.25, 0.3) is 22.3 Å². The molecule has 0 amide bonds. The van der Waals surface area contributed by atoms with E-state index in [1.165, 1.54) is 48.5 Å².